The molecule has 1 amide bonds. The molecule has 2 aromatic rings. The minimum Gasteiger partial charge on any atom is -0.460 e. The van der Waals surface area contributed by atoms with E-state index in [0.29, 0.717) is 31.5 Å². The third kappa shape index (κ3) is 6.83. The zero-order valence-corrected chi connectivity index (χ0v) is 22.4. The largest absolute Gasteiger partial charge is 0.460 e. The molecule has 1 aliphatic heterocycles. The van der Waals surface area contributed by atoms with Gasteiger partial charge in [0.15, 0.2) is 11.6 Å². The van der Waals surface area contributed by atoms with Gasteiger partial charge in [0.1, 0.15) is 11.3 Å². The number of amides is 1. The van der Waals surface area contributed by atoms with E-state index in [2.05, 4.69) is 5.32 Å². The Morgan fingerprint density at radius 2 is 1.76 bits per heavy atom. The fraction of sp³-hybridized carbons (Fsp3) is 0.481. The maximum atomic E-state index is 13.6. The molecule has 0 fully saturated rings. The molecule has 3 rings (SSSR count). The molecule has 37 heavy (non-hydrogen) atoms. The smallest absolute Gasteiger partial charge is 0.306 e. The number of halogens is 3. The standard InChI is InChI=1S/C27H31ClF2N2O5/c1-26(2,3)37-20(34)10-11-27(4,5)14-19(33)24(35)23-22(28)21(18-7-6-12-32(18)23)25(36)31-15-8-9-16(29)17(30)13-15/h8-9,13H,6-7,10-12,14H2,1-5H3,(H,31,36). The van der Waals surface area contributed by atoms with Crippen LogP contribution in [0.5, 0.6) is 0 Å². The van der Waals surface area contributed by atoms with E-state index in [4.69, 9.17) is 16.3 Å². The summed E-state index contributed by atoms with van der Waals surface area (Å²) in [4.78, 5) is 51.3. The maximum Gasteiger partial charge on any atom is 0.306 e. The second-order valence-electron chi connectivity index (χ2n) is 11.0. The van der Waals surface area contributed by atoms with Crippen molar-refractivity contribution in [1.82, 2.24) is 4.57 Å². The molecule has 0 saturated carbocycles. The highest BCUT2D eigenvalue weighted by Crippen LogP contribution is 2.35. The molecule has 200 valence electrons. The van der Waals surface area contributed by atoms with Crippen molar-refractivity contribution in [3.05, 3.63) is 51.8 Å². The van der Waals surface area contributed by atoms with Gasteiger partial charge in [0.05, 0.1) is 10.6 Å². The minimum absolute atomic E-state index is 0.0219. The van der Waals surface area contributed by atoms with E-state index in [-0.39, 0.29) is 40.8 Å². The van der Waals surface area contributed by atoms with Gasteiger partial charge in [-0.15, -0.1) is 0 Å². The summed E-state index contributed by atoms with van der Waals surface area (Å²) in [7, 11) is 0. The van der Waals surface area contributed by atoms with Gasteiger partial charge in [-0.2, -0.15) is 0 Å². The molecule has 0 bridgehead atoms. The third-order valence-corrected chi connectivity index (χ3v) is 6.41. The molecule has 1 N–H and O–H groups in total. The molecule has 0 atom stereocenters. The van der Waals surface area contributed by atoms with Crippen LogP contribution in [0.15, 0.2) is 18.2 Å². The second kappa shape index (κ2) is 10.7. The molecule has 0 spiro atoms. The normalized spacial score (nSPS) is 13.3. The van der Waals surface area contributed by atoms with Gasteiger partial charge in [0, 0.05) is 36.8 Å². The number of nitrogens with one attached hydrogen (secondary N) is 1. The lowest BCUT2D eigenvalue weighted by atomic mass is 9.81. The quantitative estimate of drug-likeness (QED) is 0.244. The first kappa shape index (κ1) is 28.5. The van der Waals surface area contributed by atoms with Gasteiger partial charge in [-0.1, -0.05) is 25.4 Å². The van der Waals surface area contributed by atoms with Crippen LogP contribution < -0.4 is 5.32 Å². The monoisotopic (exact) mass is 536 g/mol. The summed E-state index contributed by atoms with van der Waals surface area (Å²) >= 11 is 6.49. The molecule has 1 aromatic carbocycles. The zero-order chi connectivity index (χ0) is 27.7. The number of ether oxygens (including phenoxy) is 1. The molecule has 0 saturated heterocycles. The number of benzene rings is 1. The van der Waals surface area contributed by atoms with Crippen LogP contribution in [0.1, 0.15) is 86.8 Å². The summed E-state index contributed by atoms with van der Waals surface area (Å²) in [6.45, 7) is 9.28. The van der Waals surface area contributed by atoms with Crippen LogP contribution in [-0.2, 0) is 27.3 Å². The van der Waals surface area contributed by atoms with Crippen LogP contribution >= 0.6 is 11.6 Å². The molecule has 10 heteroatoms. The van der Waals surface area contributed by atoms with Crippen molar-refractivity contribution in [3.63, 3.8) is 0 Å². The van der Waals surface area contributed by atoms with Crippen LogP contribution in [0.4, 0.5) is 14.5 Å². The number of Topliss-reactive ketones (excluding diaryl/α,β-unsaturated/α-hetero) is 2. The maximum absolute atomic E-state index is 13.6. The SMILES string of the molecule is CC(C)(CCC(=O)OC(C)(C)C)CC(=O)C(=O)c1c(Cl)c(C(=O)Nc2ccc(F)c(F)c2)c2n1CCC2. The molecule has 0 aliphatic carbocycles. The van der Waals surface area contributed by atoms with Gasteiger partial charge in [0.25, 0.3) is 5.91 Å². The summed E-state index contributed by atoms with van der Waals surface area (Å²) < 4.78 is 33.7. The fourth-order valence-corrected chi connectivity index (χ4v) is 4.72. The van der Waals surface area contributed by atoms with E-state index in [1.165, 1.54) is 6.07 Å². The number of aromatic nitrogens is 1. The van der Waals surface area contributed by atoms with Crippen molar-refractivity contribution >= 4 is 40.7 Å². The van der Waals surface area contributed by atoms with Crippen LogP contribution in [0.2, 0.25) is 5.02 Å². The van der Waals surface area contributed by atoms with Crippen molar-refractivity contribution in [2.75, 3.05) is 5.32 Å². The number of hydrogen-bond acceptors (Lipinski definition) is 5. The highest BCUT2D eigenvalue weighted by atomic mass is 35.5. The Hall–Kier alpha value is -3.07. The Labute approximate surface area is 219 Å². The number of esters is 1. The third-order valence-electron chi connectivity index (χ3n) is 6.04. The topological polar surface area (TPSA) is 94.5 Å². The number of carbonyl (C=O) groups excluding carboxylic acids is 4. The van der Waals surface area contributed by atoms with E-state index >= 15 is 0 Å². The van der Waals surface area contributed by atoms with Gasteiger partial charge in [-0.3, -0.25) is 19.2 Å². The lowest BCUT2D eigenvalue weighted by Crippen LogP contribution is -2.27. The van der Waals surface area contributed by atoms with Gasteiger partial charge in [-0.25, -0.2) is 8.78 Å². The number of fused-ring (bicyclic) bond motifs is 1. The molecule has 1 aromatic heterocycles. The van der Waals surface area contributed by atoms with Crippen molar-refractivity contribution in [3.8, 4) is 0 Å². The van der Waals surface area contributed by atoms with E-state index in [1.807, 2.05) is 0 Å². The van der Waals surface area contributed by atoms with Crippen molar-refractivity contribution in [2.45, 2.75) is 78.9 Å². The van der Waals surface area contributed by atoms with E-state index in [1.54, 1.807) is 39.2 Å². The van der Waals surface area contributed by atoms with Crippen molar-refractivity contribution < 1.29 is 32.7 Å². The summed E-state index contributed by atoms with van der Waals surface area (Å²) in [5.74, 6) is -4.75. The van der Waals surface area contributed by atoms with Crippen LogP contribution in [-0.4, -0.2) is 33.6 Å². The molecular weight excluding hydrogens is 506 g/mol. The first-order chi connectivity index (χ1) is 17.1. The minimum atomic E-state index is -1.12. The number of nitrogens with zero attached hydrogens (tertiary/aromatic N) is 1. The molecule has 7 nitrogen and oxygen atoms in total. The Balaban J connectivity index is 1.77. The predicted molar refractivity (Wildman–Crippen MR) is 135 cm³/mol. The Kier molecular flexibility index (Phi) is 8.27. The van der Waals surface area contributed by atoms with Gasteiger partial charge < -0.3 is 14.6 Å². The van der Waals surface area contributed by atoms with E-state index in [0.717, 1.165) is 12.1 Å². The number of ketones is 2. The van der Waals surface area contributed by atoms with Crippen molar-refractivity contribution in [2.24, 2.45) is 5.41 Å². The van der Waals surface area contributed by atoms with Crippen LogP contribution in [0.3, 0.4) is 0 Å². The second-order valence-corrected chi connectivity index (χ2v) is 11.4. The molecule has 1 aliphatic rings. The van der Waals surface area contributed by atoms with Crippen molar-refractivity contribution in [1.29, 1.82) is 0 Å². The van der Waals surface area contributed by atoms with E-state index < -0.39 is 40.1 Å². The average molecular weight is 537 g/mol. The van der Waals surface area contributed by atoms with E-state index in [9.17, 15) is 28.0 Å². The fourth-order valence-electron chi connectivity index (χ4n) is 4.33. The summed E-state index contributed by atoms with van der Waals surface area (Å²) in [5.41, 5.74) is -0.780. The summed E-state index contributed by atoms with van der Waals surface area (Å²) in [5, 5.41) is 2.32. The number of rotatable bonds is 9. The summed E-state index contributed by atoms with van der Waals surface area (Å²) in [6.07, 6.45) is 1.42. The Morgan fingerprint density at radius 3 is 2.38 bits per heavy atom. The number of hydrogen-bond donors (Lipinski definition) is 1. The lowest BCUT2D eigenvalue weighted by molar-refractivity contribution is -0.155. The first-order valence-electron chi connectivity index (χ1n) is 12.1. The summed E-state index contributed by atoms with van der Waals surface area (Å²) in [6, 6.07) is 2.93. The molecule has 0 radical (unpaired) electrons. The highest BCUT2D eigenvalue weighted by molar-refractivity contribution is 6.48. The Morgan fingerprint density at radius 1 is 1.08 bits per heavy atom. The molecule has 0 unspecified atom stereocenters. The average Bonchev–Trinajstić information content (AvgIpc) is 3.32. The molecular formula is C27H31ClF2N2O5. The number of carbonyl (C=O) groups is 4. The first-order valence-corrected chi connectivity index (χ1v) is 12.4. The lowest BCUT2D eigenvalue weighted by Gasteiger charge is -2.25. The van der Waals surface area contributed by atoms with Gasteiger partial charge in [0.2, 0.25) is 11.6 Å². The van der Waals surface area contributed by atoms with Gasteiger partial charge >= 0.3 is 5.97 Å². The highest BCUT2D eigenvalue weighted by Gasteiger charge is 2.36. The van der Waals surface area contributed by atoms with Crippen LogP contribution in [0.25, 0.3) is 0 Å². The molecule has 2 heterocycles. The Bertz CT molecular complexity index is 1260. The van der Waals surface area contributed by atoms with Gasteiger partial charge in [-0.05, 0) is 57.6 Å². The number of anilines is 1. The zero-order valence-electron chi connectivity index (χ0n) is 21.6. The predicted octanol–water partition coefficient (Wildman–Crippen LogP) is 5.91. The van der Waals surface area contributed by atoms with Crippen LogP contribution in [0, 0.1) is 17.0 Å².